The van der Waals surface area contributed by atoms with Crippen LogP contribution in [0, 0.1) is 6.92 Å². The van der Waals surface area contributed by atoms with Crippen LogP contribution in [0.25, 0.3) is 6.08 Å². The normalized spacial score (nSPS) is 20.7. The van der Waals surface area contributed by atoms with E-state index < -0.39 is 12.3 Å². The van der Waals surface area contributed by atoms with Crippen LogP contribution in [-0.2, 0) is 0 Å². The van der Waals surface area contributed by atoms with Gasteiger partial charge in [0, 0.05) is 5.02 Å². The van der Waals surface area contributed by atoms with Gasteiger partial charge in [-0.2, -0.15) is 0 Å². The zero-order valence-electron chi connectivity index (χ0n) is 11.6. The van der Waals surface area contributed by atoms with Gasteiger partial charge >= 0.3 is 0 Å². The Labute approximate surface area is 128 Å². The van der Waals surface area contributed by atoms with Crippen LogP contribution < -0.4 is 10.7 Å². The summed E-state index contributed by atoms with van der Waals surface area (Å²) in [5.74, 6) is 0. The number of fused-ring (bicyclic) bond motifs is 1. The number of nitrogens with zero attached hydrogens (tertiary/aromatic N) is 2. The molecule has 4 heteroatoms. The van der Waals surface area contributed by atoms with E-state index >= 15 is 0 Å². The lowest BCUT2D eigenvalue weighted by molar-refractivity contribution is 0.161. The number of rotatable bonds is 2. The smallest absolute Gasteiger partial charge is 0.171 e. The van der Waals surface area contributed by atoms with Gasteiger partial charge in [0.2, 0.25) is 0 Å². The molecule has 0 radical (unpaired) electrons. The first-order chi connectivity index (χ1) is 10.1. The molecule has 1 heterocycles. The predicted octanol–water partition coefficient (Wildman–Crippen LogP) is 2.30. The van der Waals surface area contributed by atoms with Crippen LogP contribution in [0.3, 0.4) is 0 Å². The van der Waals surface area contributed by atoms with Crippen molar-refractivity contribution < 1.29 is 5.11 Å². The third-order valence-electron chi connectivity index (χ3n) is 3.37. The van der Waals surface area contributed by atoms with E-state index in [9.17, 15) is 5.11 Å². The fourth-order valence-electron chi connectivity index (χ4n) is 2.25. The Bertz CT molecular complexity index is 814. The van der Waals surface area contributed by atoms with Crippen molar-refractivity contribution >= 4 is 17.7 Å². The summed E-state index contributed by atoms with van der Waals surface area (Å²) in [7, 11) is 0. The molecule has 0 aromatic heterocycles. The lowest BCUT2D eigenvalue weighted by Gasteiger charge is -2.15. The zero-order chi connectivity index (χ0) is 14.8. The first-order valence-corrected chi connectivity index (χ1v) is 7.14. The molecule has 2 aromatic rings. The number of aliphatic hydroxyl groups excluding tert-OH is 1. The van der Waals surface area contributed by atoms with E-state index in [2.05, 4.69) is 9.98 Å². The number of benzene rings is 2. The molecule has 0 spiro atoms. The summed E-state index contributed by atoms with van der Waals surface area (Å²) in [4.78, 5) is 8.84. The summed E-state index contributed by atoms with van der Waals surface area (Å²) < 4.78 is 0. The maximum atomic E-state index is 10.1. The van der Waals surface area contributed by atoms with Crippen LogP contribution in [0.5, 0.6) is 0 Å². The molecule has 0 aliphatic carbocycles. The first kappa shape index (κ1) is 14.0. The van der Waals surface area contributed by atoms with Gasteiger partial charge in [0.05, 0.1) is 10.7 Å². The van der Waals surface area contributed by atoms with Crippen LogP contribution in [0.2, 0.25) is 5.02 Å². The van der Waals surface area contributed by atoms with Gasteiger partial charge in [0.1, 0.15) is 6.04 Å². The second-order valence-electron chi connectivity index (χ2n) is 5.04. The Kier molecular flexibility index (Phi) is 3.86. The SMILES string of the molecule is Cc1ccc2c(c1)=NC(O)C(/C=C/c1ccccc1Cl)N=2. The summed E-state index contributed by atoms with van der Waals surface area (Å²) >= 11 is 6.11. The van der Waals surface area contributed by atoms with E-state index in [1.165, 1.54) is 0 Å². The monoisotopic (exact) mass is 298 g/mol. The van der Waals surface area contributed by atoms with Crippen molar-refractivity contribution in [1.82, 2.24) is 0 Å². The van der Waals surface area contributed by atoms with E-state index in [1.807, 2.05) is 61.5 Å². The number of aryl methyl sites for hydroxylation is 1. The van der Waals surface area contributed by atoms with Crippen molar-refractivity contribution in [2.45, 2.75) is 19.2 Å². The van der Waals surface area contributed by atoms with Crippen molar-refractivity contribution in [2.75, 3.05) is 0 Å². The van der Waals surface area contributed by atoms with E-state index in [-0.39, 0.29) is 0 Å². The maximum Gasteiger partial charge on any atom is 0.171 e. The third-order valence-corrected chi connectivity index (χ3v) is 3.72. The molecule has 2 aromatic carbocycles. The fourth-order valence-corrected chi connectivity index (χ4v) is 2.45. The van der Waals surface area contributed by atoms with Gasteiger partial charge in [-0.3, -0.25) is 4.99 Å². The highest BCUT2D eigenvalue weighted by Crippen LogP contribution is 2.17. The zero-order valence-corrected chi connectivity index (χ0v) is 12.3. The molecule has 0 saturated heterocycles. The van der Waals surface area contributed by atoms with Crippen LogP contribution in [0.1, 0.15) is 11.1 Å². The summed E-state index contributed by atoms with van der Waals surface area (Å²) in [6, 6.07) is 13.0. The largest absolute Gasteiger partial charge is 0.369 e. The molecular formula is C17H15ClN2O. The molecule has 0 amide bonds. The Morgan fingerprint density at radius 3 is 2.71 bits per heavy atom. The molecule has 1 aliphatic heterocycles. The van der Waals surface area contributed by atoms with E-state index in [0.29, 0.717) is 5.02 Å². The minimum Gasteiger partial charge on any atom is -0.369 e. The third kappa shape index (κ3) is 3.04. The Balaban J connectivity index is 1.94. The Morgan fingerprint density at radius 1 is 1.10 bits per heavy atom. The van der Waals surface area contributed by atoms with Gasteiger partial charge in [0.15, 0.2) is 6.23 Å². The topological polar surface area (TPSA) is 45.0 Å². The molecule has 1 aliphatic rings. The average molecular weight is 299 g/mol. The summed E-state index contributed by atoms with van der Waals surface area (Å²) in [5.41, 5.74) is 2.00. The highest BCUT2D eigenvalue weighted by Gasteiger charge is 2.17. The van der Waals surface area contributed by atoms with Gasteiger partial charge in [-0.1, -0.05) is 48.0 Å². The van der Waals surface area contributed by atoms with E-state index in [0.717, 1.165) is 21.8 Å². The molecule has 2 atom stereocenters. The minimum atomic E-state index is -0.863. The molecule has 1 N–H and O–H groups in total. The van der Waals surface area contributed by atoms with Crippen molar-refractivity contribution in [3.05, 3.63) is 75.4 Å². The van der Waals surface area contributed by atoms with Crippen LogP contribution in [0.4, 0.5) is 0 Å². The van der Waals surface area contributed by atoms with Crippen molar-refractivity contribution in [3.63, 3.8) is 0 Å². The molecule has 2 unspecified atom stereocenters. The van der Waals surface area contributed by atoms with Crippen LogP contribution in [-0.4, -0.2) is 17.4 Å². The second-order valence-corrected chi connectivity index (χ2v) is 5.44. The standard InChI is InChI=1S/C17H15ClN2O/c1-11-6-8-14-16(10-11)20-17(21)15(19-14)9-7-12-4-2-3-5-13(12)18/h2-10,15,17,21H,1H3/b9-7+. The van der Waals surface area contributed by atoms with Gasteiger partial charge < -0.3 is 5.11 Å². The Morgan fingerprint density at radius 2 is 1.90 bits per heavy atom. The highest BCUT2D eigenvalue weighted by molar-refractivity contribution is 6.32. The van der Waals surface area contributed by atoms with Gasteiger partial charge in [-0.25, -0.2) is 4.99 Å². The summed E-state index contributed by atoms with van der Waals surface area (Å²) in [5, 5.41) is 12.3. The van der Waals surface area contributed by atoms with Crippen LogP contribution in [0.15, 0.2) is 58.5 Å². The highest BCUT2D eigenvalue weighted by atomic mass is 35.5. The van der Waals surface area contributed by atoms with E-state index in [4.69, 9.17) is 11.6 Å². The lowest BCUT2D eigenvalue weighted by Crippen LogP contribution is -2.38. The number of hydrogen-bond donors (Lipinski definition) is 1. The second kappa shape index (κ2) is 5.80. The quantitative estimate of drug-likeness (QED) is 0.908. The van der Waals surface area contributed by atoms with Crippen LogP contribution >= 0.6 is 11.6 Å². The summed E-state index contributed by atoms with van der Waals surface area (Å²) in [6.45, 7) is 1.99. The minimum absolute atomic E-state index is 0.392. The molecule has 3 nitrogen and oxygen atoms in total. The van der Waals surface area contributed by atoms with Gasteiger partial charge in [-0.15, -0.1) is 0 Å². The molecule has 106 valence electrons. The number of aliphatic hydroxyl groups is 1. The average Bonchev–Trinajstić information content (AvgIpc) is 2.46. The summed E-state index contributed by atoms with van der Waals surface area (Å²) in [6.07, 6.45) is 2.84. The molecular weight excluding hydrogens is 284 g/mol. The number of halogens is 1. The lowest BCUT2D eigenvalue weighted by atomic mass is 10.1. The van der Waals surface area contributed by atoms with Crippen molar-refractivity contribution in [2.24, 2.45) is 9.98 Å². The van der Waals surface area contributed by atoms with Crippen molar-refractivity contribution in [3.8, 4) is 0 Å². The maximum absolute atomic E-state index is 10.1. The molecule has 21 heavy (non-hydrogen) atoms. The fraction of sp³-hybridized carbons (Fsp3) is 0.176. The predicted molar refractivity (Wildman–Crippen MR) is 83.8 cm³/mol. The molecule has 0 saturated carbocycles. The molecule has 0 bridgehead atoms. The number of hydrogen-bond acceptors (Lipinski definition) is 3. The molecule has 0 fully saturated rings. The van der Waals surface area contributed by atoms with Crippen molar-refractivity contribution in [1.29, 1.82) is 0 Å². The Hall–Kier alpha value is -1.97. The van der Waals surface area contributed by atoms with Gasteiger partial charge in [-0.05, 0) is 36.2 Å². The van der Waals surface area contributed by atoms with E-state index in [1.54, 1.807) is 0 Å². The van der Waals surface area contributed by atoms with Gasteiger partial charge in [0.25, 0.3) is 0 Å². The molecule has 3 rings (SSSR count). The first-order valence-electron chi connectivity index (χ1n) is 6.76.